The van der Waals surface area contributed by atoms with Crippen LogP contribution < -0.4 is 32.7 Å². The monoisotopic (exact) mass is 434 g/mol. The van der Waals surface area contributed by atoms with Crippen LogP contribution in [0.1, 0.15) is 40.0 Å². The largest absolute Gasteiger partial charge is 0.329 e. The molecular formula is C22H58N8. The molecule has 0 bridgehead atoms. The molecule has 8 N–H and O–H groups in total. The SMILES string of the molecule is CCCN(CCN)CCNC.CCCN(CCNC)CCNCCN.CCCNC. The molecule has 0 radical (unpaired) electrons. The standard InChI is InChI=1S/C10H26N4.C8H21N3.C4H11N/c1-3-8-14(9-6-12-2)10-7-13-5-4-11;1-3-6-11(7-4-9)8-5-10-2;1-3-4-5-2/h12-13H,3-11H2,1-2H3;10H,3-9H2,1-2H3;5H,3-4H2,1-2H3. The van der Waals surface area contributed by atoms with Gasteiger partial charge in [-0.2, -0.15) is 0 Å². The van der Waals surface area contributed by atoms with E-state index in [0.29, 0.717) is 0 Å². The summed E-state index contributed by atoms with van der Waals surface area (Å²) in [4.78, 5) is 4.86. The van der Waals surface area contributed by atoms with Crippen LogP contribution in [0.25, 0.3) is 0 Å². The van der Waals surface area contributed by atoms with Crippen molar-refractivity contribution in [3.63, 3.8) is 0 Å². The van der Waals surface area contributed by atoms with Gasteiger partial charge in [0, 0.05) is 65.4 Å². The molecule has 0 heterocycles. The molecule has 8 nitrogen and oxygen atoms in total. The third-order valence-electron chi connectivity index (χ3n) is 4.31. The summed E-state index contributed by atoms with van der Waals surface area (Å²) in [6, 6.07) is 0. The average molecular weight is 435 g/mol. The van der Waals surface area contributed by atoms with E-state index in [0.717, 1.165) is 72.0 Å². The Labute approximate surface area is 189 Å². The van der Waals surface area contributed by atoms with Crippen LogP contribution in [-0.2, 0) is 0 Å². The van der Waals surface area contributed by atoms with Gasteiger partial charge in [0.2, 0.25) is 0 Å². The van der Waals surface area contributed by atoms with Crippen LogP contribution in [0.3, 0.4) is 0 Å². The fourth-order valence-electron chi connectivity index (χ4n) is 2.74. The van der Waals surface area contributed by atoms with Crippen LogP contribution in [0.15, 0.2) is 0 Å². The van der Waals surface area contributed by atoms with Gasteiger partial charge >= 0.3 is 0 Å². The van der Waals surface area contributed by atoms with Gasteiger partial charge in [0.25, 0.3) is 0 Å². The highest BCUT2D eigenvalue weighted by Crippen LogP contribution is 1.89. The first-order chi connectivity index (χ1) is 14.6. The second-order valence-corrected chi connectivity index (χ2v) is 7.32. The summed E-state index contributed by atoms with van der Waals surface area (Å²) < 4.78 is 0. The predicted molar refractivity (Wildman–Crippen MR) is 137 cm³/mol. The minimum absolute atomic E-state index is 0.726. The van der Waals surface area contributed by atoms with E-state index in [9.17, 15) is 0 Å². The smallest absolute Gasteiger partial charge is 0.0107 e. The lowest BCUT2D eigenvalue weighted by Gasteiger charge is -2.21. The van der Waals surface area contributed by atoms with Gasteiger partial charge in [0.15, 0.2) is 0 Å². The molecule has 0 aromatic carbocycles. The van der Waals surface area contributed by atoms with Crippen molar-refractivity contribution in [3.8, 4) is 0 Å². The zero-order chi connectivity index (χ0) is 23.3. The second kappa shape index (κ2) is 33.3. The van der Waals surface area contributed by atoms with Crippen molar-refractivity contribution >= 4 is 0 Å². The molecular weight excluding hydrogens is 376 g/mol. The third-order valence-corrected chi connectivity index (χ3v) is 4.31. The summed E-state index contributed by atoms with van der Waals surface area (Å²) in [5, 5.41) is 12.6. The van der Waals surface area contributed by atoms with E-state index in [1.54, 1.807) is 0 Å². The molecule has 0 unspecified atom stereocenters. The average Bonchev–Trinajstić information content (AvgIpc) is 2.75. The Balaban J connectivity index is -0.000000405. The number of likely N-dealkylation sites (N-methyl/N-ethyl adjacent to an activating group) is 2. The van der Waals surface area contributed by atoms with Gasteiger partial charge in [0.1, 0.15) is 0 Å². The Hall–Kier alpha value is -0.320. The molecule has 0 aliphatic heterocycles. The first kappa shape index (κ1) is 34.3. The van der Waals surface area contributed by atoms with Gasteiger partial charge < -0.3 is 42.5 Å². The van der Waals surface area contributed by atoms with Crippen molar-refractivity contribution in [2.75, 3.05) is 106 Å². The molecule has 0 aromatic heterocycles. The van der Waals surface area contributed by atoms with Crippen LogP contribution in [0.2, 0.25) is 0 Å². The number of nitrogens with zero attached hydrogens (tertiary/aromatic N) is 2. The molecule has 30 heavy (non-hydrogen) atoms. The minimum atomic E-state index is 0.726. The normalized spacial score (nSPS) is 10.6. The predicted octanol–water partition coefficient (Wildman–Crippen LogP) is -0.0416. The maximum atomic E-state index is 5.47. The fraction of sp³-hybridized carbons (Fsp3) is 1.00. The van der Waals surface area contributed by atoms with Crippen molar-refractivity contribution in [2.45, 2.75) is 40.0 Å². The van der Waals surface area contributed by atoms with E-state index < -0.39 is 0 Å². The first-order valence-electron chi connectivity index (χ1n) is 12.1. The molecule has 0 aliphatic carbocycles. The van der Waals surface area contributed by atoms with Gasteiger partial charge in [0.05, 0.1) is 0 Å². The number of hydrogen-bond donors (Lipinski definition) is 6. The van der Waals surface area contributed by atoms with Gasteiger partial charge in [-0.05, 0) is 60.0 Å². The fourth-order valence-corrected chi connectivity index (χ4v) is 2.74. The van der Waals surface area contributed by atoms with E-state index in [1.807, 2.05) is 21.1 Å². The molecule has 0 amide bonds. The number of nitrogens with one attached hydrogen (secondary N) is 4. The summed E-state index contributed by atoms with van der Waals surface area (Å²) in [5.41, 5.74) is 10.9. The van der Waals surface area contributed by atoms with E-state index in [1.165, 1.54) is 32.4 Å². The minimum Gasteiger partial charge on any atom is -0.329 e. The van der Waals surface area contributed by atoms with Crippen LogP contribution in [0.4, 0.5) is 0 Å². The lowest BCUT2D eigenvalue weighted by Crippen LogP contribution is -2.37. The van der Waals surface area contributed by atoms with E-state index in [4.69, 9.17) is 11.5 Å². The van der Waals surface area contributed by atoms with Crippen LogP contribution in [-0.4, -0.2) is 116 Å². The Bertz CT molecular complexity index is 262. The van der Waals surface area contributed by atoms with Crippen LogP contribution in [0, 0.1) is 0 Å². The highest BCUT2D eigenvalue weighted by molar-refractivity contribution is 4.60. The van der Waals surface area contributed by atoms with Crippen molar-refractivity contribution in [1.82, 2.24) is 31.1 Å². The molecule has 0 aromatic rings. The summed E-state index contributed by atoms with van der Waals surface area (Å²) in [6.45, 7) is 20.0. The van der Waals surface area contributed by atoms with Gasteiger partial charge in [-0.25, -0.2) is 0 Å². The summed E-state index contributed by atoms with van der Waals surface area (Å²) >= 11 is 0. The topological polar surface area (TPSA) is 107 Å². The number of rotatable bonds is 19. The Morgan fingerprint density at radius 2 is 0.967 bits per heavy atom. The van der Waals surface area contributed by atoms with Crippen molar-refractivity contribution in [1.29, 1.82) is 0 Å². The maximum absolute atomic E-state index is 5.47. The third kappa shape index (κ3) is 32.3. The first-order valence-corrected chi connectivity index (χ1v) is 12.1. The van der Waals surface area contributed by atoms with Gasteiger partial charge in [-0.15, -0.1) is 0 Å². The lowest BCUT2D eigenvalue weighted by atomic mass is 10.4. The summed E-state index contributed by atoms with van der Waals surface area (Å²) in [5.74, 6) is 0. The highest BCUT2D eigenvalue weighted by Gasteiger charge is 2.01. The van der Waals surface area contributed by atoms with Crippen LogP contribution >= 0.6 is 0 Å². The van der Waals surface area contributed by atoms with E-state index in [2.05, 4.69) is 51.8 Å². The molecule has 0 fully saturated rings. The molecule has 0 rings (SSSR count). The Kier molecular flexibility index (Phi) is 38.1. The number of hydrogen-bond acceptors (Lipinski definition) is 8. The van der Waals surface area contributed by atoms with Gasteiger partial charge in [-0.3, -0.25) is 0 Å². The molecule has 8 heteroatoms. The van der Waals surface area contributed by atoms with E-state index in [-0.39, 0.29) is 0 Å². The molecule has 186 valence electrons. The molecule has 0 saturated heterocycles. The highest BCUT2D eigenvalue weighted by atomic mass is 15.1. The van der Waals surface area contributed by atoms with Crippen molar-refractivity contribution in [2.24, 2.45) is 11.5 Å². The van der Waals surface area contributed by atoms with Gasteiger partial charge in [-0.1, -0.05) is 20.8 Å². The lowest BCUT2D eigenvalue weighted by molar-refractivity contribution is 0.276. The maximum Gasteiger partial charge on any atom is 0.0107 e. The Morgan fingerprint density at radius 1 is 0.500 bits per heavy atom. The molecule has 0 saturated carbocycles. The Morgan fingerprint density at radius 3 is 1.30 bits per heavy atom. The van der Waals surface area contributed by atoms with Crippen molar-refractivity contribution < 1.29 is 0 Å². The molecule has 0 spiro atoms. The summed E-state index contributed by atoms with van der Waals surface area (Å²) in [6.07, 6.45) is 3.67. The zero-order valence-corrected chi connectivity index (χ0v) is 21.4. The van der Waals surface area contributed by atoms with E-state index >= 15 is 0 Å². The second-order valence-electron chi connectivity index (χ2n) is 7.32. The zero-order valence-electron chi connectivity index (χ0n) is 21.4. The summed E-state index contributed by atoms with van der Waals surface area (Å²) in [7, 11) is 5.94. The molecule has 0 atom stereocenters. The quantitative estimate of drug-likeness (QED) is 0.157. The number of nitrogens with two attached hydrogens (primary N) is 2. The molecule has 0 aliphatic rings. The van der Waals surface area contributed by atoms with Crippen LogP contribution in [0.5, 0.6) is 0 Å². The van der Waals surface area contributed by atoms with Crippen molar-refractivity contribution in [3.05, 3.63) is 0 Å².